The van der Waals surface area contributed by atoms with E-state index < -0.39 is 0 Å². The van der Waals surface area contributed by atoms with Gasteiger partial charge in [-0.3, -0.25) is 4.99 Å². The fourth-order valence-corrected chi connectivity index (χ4v) is 2.95. The Labute approximate surface area is 195 Å². The molecule has 0 aliphatic carbocycles. The summed E-state index contributed by atoms with van der Waals surface area (Å²) in [4.78, 5) is 4.28. The highest BCUT2D eigenvalue weighted by Gasteiger charge is 2.04. The molecule has 1 heterocycles. The maximum absolute atomic E-state index is 5.91. The van der Waals surface area contributed by atoms with Crippen LogP contribution in [0.2, 0.25) is 0 Å². The fourth-order valence-electron chi connectivity index (χ4n) is 2.95. The first-order chi connectivity index (χ1) is 14.3. The Hall–Kier alpha value is -2.39. The molecule has 0 radical (unpaired) electrons. The number of rotatable bonds is 9. The van der Waals surface area contributed by atoms with E-state index in [1.165, 1.54) is 11.1 Å². The van der Waals surface area contributed by atoms with Crippen LogP contribution in [0, 0.1) is 0 Å². The van der Waals surface area contributed by atoms with E-state index >= 15 is 0 Å². The van der Waals surface area contributed by atoms with Gasteiger partial charge in [-0.25, -0.2) is 4.68 Å². The van der Waals surface area contributed by atoms with Crippen LogP contribution in [-0.4, -0.2) is 35.9 Å². The zero-order valence-electron chi connectivity index (χ0n) is 17.5. The maximum Gasteiger partial charge on any atom is 0.191 e. The third-order valence-corrected chi connectivity index (χ3v) is 4.64. The van der Waals surface area contributed by atoms with Gasteiger partial charge in [0.05, 0.1) is 11.8 Å². The van der Waals surface area contributed by atoms with Crippen LogP contribution >= 0.6 is 24.0 Å². The minimum atomic E-state index is 0. The third kappa shape index (κ3) is 7.46. The van der Waals surface area contributed by atoms with E-state index in [4.69, 9.17) is 4.74 Å². The summed E-state index contributed by atoms with van der Waals surface area (Å²) in [5.74, 6) is 0.789. The molecule has 0 saturated heterocycles. The molecule has 1 aromatic heterocycles. The number of hydrogen-bond donors (Lipinski definition) is 2. The summed E-state index contributed by atoms with van der Waals surface area (Å²) in [6, 6.07) is 20.5. The lowest BCUT2D eigenvalue weighted by Gasteiger charge is -2.15. The number of ether oxygens (including phenoxy) is 1. The van der Waals surface area contributed by atoms with Crippen LogP contribution in [0.4, 0.5) is 0 Å². The van der Waals surface area contributed by atoms with Crippen molar-refractivity contribution in [2.24, 2.45) is 4.99 Å². The standard InChI is InChI=1S/C23H29N5O.HI/c1-19(21-8-4-3-5-9-21)29-17-7-14-25-23(24-2)26-18-20-10-12-22(13-11-20)28-16-6-15-27-28;/h3-6,8-13,15-16,19H,7,14,17-18H2,1-2H3,(H2,24,25,26);1H. The Morgan fingerprint density at radius 2 is 1.83 bits per heavy atom. The van der Waals surface area contributed by atoms with Crippen LogP contribution in [0.1, 0.15) is 30.6 Å². The van der Waals surface area contributed by atoms with E-state index in [0.29, 0.717) is 13.2 Å². The Kier molecular flexibility index (Phi) is 10.4. The van der Waals surface area contributed by atoms with Crippen molar-refractivity contribution in [3.8, 4) is 5.69 Å². The average Bonchev–Trinajstić information content (AvgIpc) is 3.31. The van der Waals surface area contributed by atoms with Crippen molar-refractivity contribution in [2.75, 3.05) is 20.2 Å². The lowest BCUT2D eigenvalue weighted by Crippen LogP contribution is -2.37. The number of aliphatic imine (C=N–C) groups is 1. The van der Waals surface area contributed by atoms with Gasteiger partial charge in [0.25, 0.3) is 0 Å². The van der Waals surface area contributed by atoms with Gasteiger partial charge in [0.15, 0.2) is 5.96 Å². The molecule has 0 fully saturated rings. The summed E-state index contributed by atoms with van der Waals surface area (Å²) >= 11 is 0. The largest absolute Gasteiger partial charge is 0.374 e. The molecule has 2 N–H and O–H groups in total. The van der Waals surface area contributed by atoms with Crippen LogP contribution in [0.25, 0.3) is 5.69 Å². The summed E-state index contributed by atoms with van der Waals surface area (Å²) in [6.07, 6.45) is 4.73. The second-order valence-corrected chi connectivity index (χ2v) is 6.75. The predicted molar refractivity (Wildman–Crippen MR) is 133 cm³/mol. The van der Waals surface area contributed by atoms with Gasteiger partial charge in [-0.05, 0) is 42.7 Å². The zero-order valence-corrected chi connectivity index (χ0v) is 19.8. The van der Waals surface area contributed by atoms with E-state index in [1.807, 2.05) is 35.1 Å². The van der Waals surface area contributed by atoms with Crippen molar-refractivity contribution >= 4 is 29.9 Å². The molecular weight excluding hydrogens is 489 g/mol. The second kappa shape index (κ2) is 13.0. The Balaban J connectivity index is 0.00000320. The molecule has 0 aliphatic rings. The molecule has 3 aromatic rings. The van der Waals surface area contributed by atoms with Crippen LogP contribution in [0.15, 0.2) is 78.0 Å². The highest BCUT2D eigenvalue weighted by atomic mass is 127. The number of guanidine groups is 1. The summed E-state index contributed by atoms with van der Waals surface area (Å²) < 4.78 is 7.75. The maximum atomic E-state index is 5.91. The lowest BCUT2D eigenvalue weighted by atomic mass is 10.1. The van der Waals surface area contributed by atoms with Gasteiger partial charge >= 0.3 is 0 Å². The highest BCUT2D eigenvalue weighted by molar-refractivity contribution is 14.0. The number of nitrogens with zero attached hydrogens (tertiary/aromatic N) is 3. The molecule has 0 amide bonds. The number of aromatic nitrogens is 2. The first-order valence-electron chi connectivity index (χ1n) is 9.96. The van der Waals surface area contributed by atoms with E-state index in [-0.39, 0.29) is 30.1 Å². The molecule has 1 atom stereocenters. The molecule has 7 heteroatoms. The molecule has 30 heavy (non-hydrogen) atoms. The van der Waals surface area contributed by atoms with E-state index in [0.717, 1.165) is 24.6 Å². The molecule has 0 spiro atoms. The van der Waals surface area contributed by atoms with Crippen LogP contribution in [-0.2, 0) is 11.3 Å². The van der Waals surface area contributed by atoms with E-state index in [2.05, 4.69) is 64.0 Å². The van der Waals surface area contributed by atoms with Gasteiger partial charge in [0.1, 0.15) is 0 Å². The minimum Gasteiger partial charge on any atom is -0.374 e. The van der Waals surface area contributed by atoms with E-state index in [1.54, 1.807) is 13.2 Å². The molecule has 160 valence electrons. The van der Waals surface area contributed by atoms with Crippen LogP contribution in [0.5, 0.6) is 0 Å². The van der Waals surface area contributed by atoms with Crippen LogP contribution in [0.3, 0.4) is 0 Å². The number of nitrogens with one attached hydrogen (secondary N) is 2. The Bertz CT molecular complexity index is 866. The number of hydrogen-bond acceptors (Lipinski definition) is 3. The van der Waals surface area contributed by atoms with Gasteiger partial charge in [0.2, 0.25) is 0 Å². The van der Waals surface area contributed by atoms with Crippen LogP contribution < -0.4 is 10.6 Å². The van der Waals surface area contributed by atoms with Crippen molar-refractivity contribution < 1.29 is 4.74 Å². The molecule has 0 aliphatic heterocycles. The van der Waals surface area contributed by atoms with Crippen molar-refractivity contribution in [1.82, 2.24) is 20.4 Å². The zero-order chi connectivity index (χ0) is 20.3. The molecule has 3 rings (SSSR count). The minimum absolute atomic E-state index is 0. The van der Waals surface area contributed by atoms with Crippen molar-refractivity contribution in [1.29, 1.82) is 0 Å². The molecule has 0 bridgehead atoms. The second-order valence-electron chi connectivity index (χ2n) is 6.75. The number of halogens is 1. The lowest BCUT2D eigenvalue weighted by molar-refractivity contribution is 0.0646. The Morgan fingerprint density at radius 3 is 2.50 bits per heavy atom. The fraction of sp³-hybridized carbons (Fsp3) is 0.304. The topological polar surface area (TPSA) is 63.5 Å². The molecular formula is C23H30IN5O. The Morgan fingerprint density at radius 1 is 1.07 bits per heavy atom. The van der Waals surface area contributed by atoms with Gasteiger partial charge in [0, 0.05) is 39.1 Å². The van der Waals surface area contributed by atoms with E-state index in [9.17, 15) is 0 Å². The highest BCUT2D eigenvalue weighted by Crippen LogP contribution is 2.15. The summed E-state index contributed by atoms with van der Waals surface area (Å²) in [7, 11) is 1.78. The van der Waals surface area contributed by atoms with Gasteiger partial charge < -0.3 is 15.4 Å². The summed E-state index contributed by atoms with van der Waals surface area (Å²) in [6.45, 7) is 4.30. The van der Waals surface area contributed by atoms with Gasteiger partial charge in [-0.15, -0.1) is 24.0 Å². The SMILES string of the molecule is CN=C(NCCCOC(C)c1ccccc1)NCc1ccc(-n2cccn2)cc1.I. The summed E-state index contributed by atoms with van der Waals surface area (Å²) in [5.41, 5.74) is 3.44. The van der Waals surface area contributed by atoms with Crippen molar-refractivity contribution in [2.45, 2.75) is 26.0 Å². The predicted octanol–water partition coefficient (Wildman–Crippen LogP) is 4.32. The molecule has 1 unspecified atom stereocenters. The first-order valence-corrected chi connectivity index (χ1v) is 9.96. The number of benzene rings is 2. The average molecular weight is 519 g/mol. The third-order valence-electron chi connectivity index (χ3n) is 4.64. The van der Waals surface area contributed by atoms with Crippen molar-refractivity contribution in [3.05, 3.63) is 84.2 Å². The monoisotopic (exact) mass is 519 g/mol. The first kappa shape index (κ1) is 23.9. The quantitative estimate of drug-likeness (QED) is 0.191. The van der Waals surface area contributed by atoms with Gasteiger partial charge in [-0.2, -0.15) is 5.10 Å². The summed E-state index contributed by atoms with van der Waals surface area (Å²) in [5, 5.41) is 10.9. The molecule has 0 saturated carbocycles. The molecule has 6 nitrogen and oxygen atoms in total. The normalized spacial score (nSPS) is 12.1. The smallest absolute Gasteiger partial charge is 0.191 e. The molecule has 2 aromatic carbocycles. The van der Waals surface area contributed by atoms with Crippen molar-refractivity contribution in [3.63, 3.8) is 0 Å². The van der Waals surface area contributed by atoms with Gasteiger partial charge in [-0.1, -0.05) is 42.5 Å².